The van der Waals surface area contributed by atoms with E-state index in [2.05, 4.69) is 27.7 Å². The molecule has 0 aliphatic heterocycles. The van der Waals surface area contributed by atoms with Gasteiger partial charge in [-0.25, -0.2) is 0 Å². The summed E-state index contributed by atoms with van der Waals surface area (Å²) in [6, 6.07) is 0. The van der Waals surface area contributed by atoms with Crippen molar-refractivity contribution in [2.75, 3.05) is 0 Å². The van der Waals surface area contributed by atoms with Crippen molar-refractivity contribution in [1.29, 1.82) is 0 Å². The molecule has 0 heteroatoms. The first-order chi connectivity index (χ1) is 11.0. The lowest BCUT2D eigenvalue weighted by atomic mass is 9.79. The fourth-order valence-electron chi connectivity index (χ4n) is 5.75. The van der Waals surface area contributed by atoms with Gasteiger partial charge < -0.3 is 0 Å². The summed E-state index contributed by atoms with van der Waals surface area (Å²) in [4.78, 5) is 0. The summed E-state index contributed by atoms with van der Waals surface area (Å²) in [5.74, 6) is 1.92. The summed E-state index contributed by atoms with van der Waals surface area (Å²) in [7, 11) is 0. The molecule has 2 aliphatic rings. The average molecular weight is 321 g/mol. The molecule has 0 aromatic heterocycles. The Morgan fingerprint density at radius 2 is 1.35 bits per heavy atom. The van der Waals surface area contributed by atoms with Crippen LogP contribution in [0.15, 0.2) is 0 Å². The summed E-state index contributed by atoms with van der Waals surface area (Å²) in [6.07, 6.45) is 22.4. The maximum Gasteiger partial charge on any atom is -0.0292 e. The second-order valence-corrected chi connectivity index (χ2v) is 10.0. The van der Waals surface area contributed by atoms with Gasteiger partial charge in [0.1, 0.15) is 0 Å². The normalized spacial score (nSPS) is 32.3. The van der Waals surface area contributed by atoms with Gasteiger partial charge in [-0.3, -0.25) is 0 Å². The SMILES string of the molecule is CCCC(C)CCCC(C)CCCCCC12CCC(C)(CC1)C2. The van der Waals surface area contributed by atoms with E-state index < -0.39 is 0 Å². The highest BCUT2D eigenvalue weighted by molar-refractivity contribution is 5.02. The van der Waals surface area contributed by atoms with E-state index in [1.165, 1.54) is 70.6 Å². The number of hydrogen-bond acceptors (Lipinski definition) is 0. The zero-order valence-electron chi connectivity index (χ0n) is 16.8. The third kappa shape index (κ3) is 6.09. The van der Waals surface area contributed by atoms with Gasteiger partial charge in [0.15, 0.2) is 0 Å². The van der Waals surface area contributed by atoms with Crippen LogP contribution in [0.2, 0.25) is 0 Å². The van der Waals surface area contributed by atoms with Crippen LogP contribution in [0.1, 0.15) is 124 Å². The number of unbranched alkanes of at least 4 members (excludes halogenated alkanes) is 2. The molecule has 2 atom stereocenters. The van der Waals surface area contributed by atoms with Crippen LogP contribution in [0, 0.1) is 22.7 Å². The van der Waals surface area contributed by atoms with Crippen molar-refractivity contribution in [3.63, 3.8) is 0 Å². The Labute approximate surface area is 147 Å². The highest BCUT2D eigenvalue weighted by atomic mass is 14.6. The first-order valence-electron chi connectivity index (χ1n) is 11.0. The molecule has 2 bridgehead atoms. The van der Waals surface area contributed by atoms with Crippen LogP contribution in [0.4, 0.5) is 0 Å². The lowest BCUT2D eigenvalue weighted by molar-refractivity contribution is 0.255. The van der Waals surface area contributed by atoms with E-state index in [0.29, 0.717) is 0 Å². The van der Waals surface area contributed by atoms with Crippen molar-refractivity contribution in [2.45, 2.75) is 124 Å². The number of rotatable bonds is 12. The van der Waals surface area contributed by atoms with Crippen LogP contribution in [-0.4, -0.2) is 0 Å². The Morgan fingerprint density at radius 3 is 1.91 bits per heavy atom. The van der Waals surface area contributed by atoms with Crippen LogP contribution in [-0.2, 0) is 0 Å². The van der Waals surface area contributed by atoms with E-state index in [1.54, 1.807) is 25.7 Å². The third-order valence-corrected chi connectivity index (χ3v) is 7.40. The van der Waals surface area contributed by atoms with Crippen molar-refractivity contribution in [3.05, 3.63) is 0 Å². The van der Waals surface area contributed by atoms with Gasteiger partial charge in [0.25, 0.3) is 0 Å². The molecule has 23 heavy (non-hydrogen) atoms. The quantitative estimate of drug-likeness (QED) is 0.318. The van der Waals surface area contributed by atoms with Crippen LogP contribution in [0.5, 0.6) is 0 Å². The van der Waals surface area contributed by atoms with Crippen molar-refractivity contribution in [1.82, 2.24) is 0 Å². The standard InChI is InChI=1S/C23H44/c1-5-10-20(2)12-9-13-21(3)11-7-6-8-14-23-17-15-22(4,19-23)16-18-23/h20-21H,5-19H2,1-4H3. The van der Waals surface area contributed by atoms with Gasteiger partial charge in [0, 0.05) is 0 Å². The Bertz CT molecular complexity index is 321. The minimum Gasteiger partial charge on any atom is -0.0654 e. The molecule has 2 unspecified atom stereocenters. The van der Waals surface area contributed by atoms with Crippen molar-refractivity contribution in [3.8, 4) is 0 Å². The second-order valence-electron chi connectivity index (χ2n) is 10.0. The largest absolute Gasteiger partial charge is 0.0654 e. The minimum atomic E-state index is 0.753. The predicted octanol–water partition coefficient (Wildman–Crippen LogP) is 8.15. The van der Waals surface area contributed by atoms with E-state index in [4.69, 9.17) is 0 Å². The van der Waals surface area contributed by atoms with E-state index in [0.717, 1.165) is 22.7 Å². The summed E-state index contributed by atoms with van der Waals surface area (Å²) < 4.78 is 0. The van der Waals surface area contributed by atoms with Gasteiger partial charge in [0.2, 0.25) is 0 Å². The van der Waals surface area contributed by atoms with Crippen molar-refractivity contribution in [2.24, 2.45) is 22.7 Å². The third-order valence-electron chi connectivity index (χ3n) is 7.40. The molecule has 0 saturated heterocycles. The Kier molecular flexibility index (Phi) is 7.49. The van der Waals surface area contributed by atoms with Gasteiger partial charge in [-0.2, -0.15) is 0 Å². The van der Waals surface area contributed by atoms with E-state index in [9.17, 15) is 0 Å². The molecule has 2 rings (SSSR count). The number of hydrogen-bond donors (Lipinski definition) is 0. The summed E-state index contributed by atoms with van der Waals surface area (Å²) in [5, 5.41) is 0. The van der Waals surface area contributed by atoms with Gasteiger partial charge in [0.05, 0.1) is 0 Å². The van der Waals surface area contributed by atoms with E-state index in [1.807, 2.05) is 0 Å². The summed E-state index contributed by atoms with van der Waals surface area (Å²) in [6.45, 7) is 9.79. The van der Waals surface area contributed by atoms with Gasteiger partial charge in [-0.05, 0) is 61.2 Å². The molecule has 2 saturated carbocycles. The zero-order chi connectivity index (χ0) is 16.8. The van der Waals surface area contributed by atoms with Crippen LogP contribution in [0.25, 0.3) is 0 Å². The first kappa shape index (κ1) is 19.3. The molecular weight excluding hydrogens is 276 g/mol. The molecule has 2 fully saturated rings. The molecule has 2 aliphatic carbocycles. The topological polar surface area (TPSA) is 0 Å². The van der Waals surface area contributed by atoms with Gasteiger partial charge >= 0.3 is 0 Å². The average Bonchev–Trinajstić information content (AvgIpc) is 3.01. The van der Waals surface area contributed by atoms with Gasteiger partial charge in [-0.1, -0.05) is 85.5 Å². The molecule has 0 heterocycles. The highest BCUT2D eigenvalue weighted by Gasteiger charge is 2.50. The van der Waals surface area contributed by atoms with Crippen molar-refractivity contribution < 1.29 is 0 Å². The minimum absolute atomic E-state index is 0.753. The fraction of sp³-hybridized carbons (Fsp3) is 1.00. The van der Waals surface area contributed by atoms with Crippen LogP contribution >= 0.6 is 0 Å². The molecule has 0 amide bonds. The zero-order valence-corrected chi connectivity index (χ0v) is 16.8. The van der Waals surface area contributed by atoms with Crippen molar-refractivity contribution >= 4 is 0 Å². The molecule has 0 aromatic carbocycles. The summed E-state index contributed by atoms with van der Waals surface area (Å²) >= 11 is 0. The lowest BCUT2D eigenvalue weighted by Gasteiger charge is -2.26. The Balaban J connectivity index is 1.46. The Morgan fingerprint density at radius 1 is 0.739 bits per heavy atom. The highest BCUT2D eigenvalue weighted by Crippen LogP contribution is 2.63. The second kappa shape index (κ2) is 8.91. The number of fused-ring (bicyclic) bond motifs is 2. The maximum absolute atomic E-state index is 2.55. The van der Waals surface area contributed by atoms with E-state index >= 15 is 0 Å². The van der Waals surface area contributed by atoms with Gasteiger partial charge in [-0.15, -0.1) is 0 Å². The van der Waals surface area contributed by atoms with Crippen LogP contribution < -0.4 is 0 Å². The smallest absolute Gasteiger partial charge is 0.0292 e. The molecular formula is C23H44. The molecule has 0 aromatic rings. The molecule has 0 N–H and O–H groups in total. The monoisotopic (exact) mass is 320 g/mol. The summed E-state index contributed by atoms with van der Waals surface area (Å²) in [5.41, 5.74) is 1.55. The first-order valence-corrected chi connectivity index (χ1v) is 11.0. The maximum atomic E-state index is 2.55. The fourth-order valence-corrected chi connectivity index (χ4v) is 5.75. The molecule has 0 spiro atoms. The molecule has 0 nitrogen and oxygen atoms in total. The predicted molar refractivity (Wildman–Crippen MR) is 104 cm³/mol. The lowest BCUT2D eigenvalue weighted by Crippen LogP contribution is -2.13. The van der Waals surface area contributed by atoms with Crippen LogP contribution in [0.3, 0.4) is 0 Å². The Hall–Kier alpha value is 0. The molecule has 0 radical (unpaired) electrons. The molecule has 136 valence electrons. The van der Waals surface area contributed by atoms with E-state index in [-0.39, 0.29) is 0 Å².